The second-order valence-corrected chi connectivity index (χ2v) is 6.67. The van der Waals surface area contributed by atoms with Crippen molar-refractivity contribution < 1.29 is 4.74 Å². The maximum absolute atomic E-state index is 6.27. The summed E-state index contributed by atoms with van der Waals surface area (Å²) in [5.74, 6) is 0.812. The second-order valence-electron chi connectivity index (χ2n) is 6.67. The molecule has 1 spiro atoms. The van der Waals surface area contributed by atoms with Gasteiger partial charge in [-0.1, -0.05) is 0 Å². The third kappa shape index (κ3) is 3.39. The van der Waals surface area contributed by atoms with Gasteiger partial charge in [-0.25, -0.2) is 9.97 Å². The van der Waals surface area contributed by atoms with Crippen LogP contribution in [0.4, 0.5) is 5.95 Å². The lowest BCUT2D eigenvalue weighted by atomic mass is 9.90. The fourth-order valence-corrected chi connectivity index (χ4v) is 3.77. The third-order valence-corrected chi connectivity index (χ3v) is 4.86. The molecule has 0 radical (unpaired) electrons. The number of hydrogen-bond acceptors (Lipinski definition) is 6. The Kier molecular flexibility index (Phi) is 4.40. The molecule has 0 amide bonds. The van der Waals surface area contributed by atoms with E-state index in [0.717, 1.165) is 58.1 Å². The molecule has 0 aliphatic carbocycles. The first kappa shape index (κ1) is 15.5. The summed E-state index contributed by atoms with van der Waals surface area (Å²) in [5.41, 5.74) is 1.20. The molecule has 1 unspecified atom stereocenters. The Balaban J connectivity index is 1.45. The maximum atomic E-state index is 6.27. The van der Waals surface area contributed by atoms with Gasteiger partial charge in [0.15, 0.2) is 0 Å². The minimum Gasteiger partial charge on any atom is -0.370 e. The van der Waals surface area contributed by atoms with E-state index in [-0.39, 0.29) is 5.60 Å². The lowest BCUT2D eigenvalue weighted by Crippen LogP contribution is -2.59. The van der Waals surface area contributed by atoms with Crippen molar-refractivity contribution in [2.24, 2.45) is 0 Å². The van der Waals surface area contributed by atoms with Crippen molar-refractivity contribution >= 4 is 5.95 Å². The van der Waals surface area contributed by atoms with E-state index in [0.29, 0.717) is 0 Å². The molecule has 6 nitrogen and oxygen atoms in total. The highest BCUT2D eigenvalue weighted by molar-refractivity contribution is 5.31. The van der Waals surface area contributed by atoms with Gasteiger partial charge >= 0.3 is 0 Å². The van der Waals surface area contributed by atoms with Gasteiger partial charge in [-0.05, 0) is 36.6 Å². The van der Waals surface area contributed by atoms with Crippen molar-refractivity contribution in [1.82, 2.24) is 19.9 Å². The fraction of sp³-hybridized carbons (Fsp3) is 0.500. The molecule has 2 fully saturated rings. The van der Waals surface area contributed by atoms with Crippen LogP contribution in [0.3, 0.4) is 0 Å². The zero-order valence-corrected chi connectivity index (χ0v) is 13.8. The zero-order valence-electron chi connectivity index (χ0n) is 13.8. The van der Waals surface area contributed by atoms with E-state index in [2.05, 4.69) is 36.9 Å². The van der Waals surface area contributed by atoms with Crippen molar-refractivity contribution in [3.63, 3.8) is 0 Å². The number of pyridine rings is 1. The Labute approximate surface area is 142 Å². The Morgan fingerprint density at radius 1 is 1.04 bits per heavy atom. The molecule has 2 aliphatic rings. The molecule has 6 heteroatoms. The van der Waals surface area contributed by atoms with Gasteiger partial charge in [-0.3, -0.25) is 9.88 Å². The lowest BCUT2D eigenvalue weighted by molar-refractivity contribution is -0.116. The molecule has 1 atom stereocenters. The number of aromatic nitrogens is 3. The van der Waals surface area contributed by atoms with Gasteiger partial charge in [0.05, 0.1) is 18.8 Å². The van der Waals surface area contributed by atoms with E-state index in [1.807, 2.05) is 18.5 Å². The molecule has 126 valence electrons. The Morgan fingerprint density at radius 3 is 2.71 bits per heavy atom. The average molecular weight is 325 g/mol. The van der Waals surface area contributed by atoms with Crippen LogP contribution in [0, 0.1) is 0 Å². The highest BCUT2D eigenvalue weighted by Gasteiger charge is 2.41. The summed E-state index contributed by atoms with van der Waals surface area (Å²) in [6, 6.07) is 6.04. The quantitative estimate of drug-likeness (QED) is 0.857. The van der Waals surface area contributed by atoms with Crippen molar-refractivity contribution in [3.8, 4) is 0 Å². The molecule has 2 aromatic rings. The van der Waals surface area contributed by atoms with Crippen molar-refractivity contribution in [2.45, 2.75) is 25.0 Å². The Hall–Kier alpha value is -2.05. The molecule has 0 bridgehead atoms. The SMILES string of the molecule is c1cnc(N2CCCC3(CN(Cc4ccncc4)CCO3)C2)nc1. The van der Waals surface area contributed by atoms with Crippen molar-refractivity contribution in [1.29, 1.82) is 0 Å². The number of morpholine rings is 1. The molecular formula is C18H23N5O. The van der Waals surface area contributed by atoms with Gasteiger partial charge in [-0.2, -0.15) is 0 Å². The average Bonchev–Trinajstić information content (AvgIpc) is 2.63. The van der Waals surface area contributed by atoms with Crippen LogP contribution in [-0.2, 0) is 11.3 Å². The van der Waals surface area contributed by atoms with Crippen LogP contribution < -0.4 is 4.90 Å². The Morgan fingerprint density at radius 2 is 1.88 bits per heavy atom. The summed E-state index contributed by atoms with van der Waals surface area (Å²) in [6.07, 6.45) is 9.55. The second kappa shape index (κ2) is 6.83. The predicted molar refractivity (Wildman–Crippen MR) is 91.7 cm³/mol. The monoisotopic (exact) mass is 325 g/mol. The van der Waals surface area contributed by atoms with E-state index in [1.54, 1.807) is 12.4 Å². The molecule has 4 rings (SSSR count). The van der Waals surface area contributed by atoms with Gasteiger partial charge in [0.25, 0.3) is 0 Å². The molecule has 0 aromatic carbocycles. The summed E-state index contributed by atoms with van der Waals surface area (Å²) in [4.78, 5) is 17.7. The molecule has 0 saturated carbocycles. The molecule has 2 saturated heterocycles. The summed E-state index contributed by atoms with van der Waals surface area (Å²) >= 11 is 0. The minimum absolute atomic E-state index is 0.108. The topological polar surface area (TPSA) is 54.4 Å². The zero-order chi connectivity index (χ0) is 16.2. The van der Waals surface area contributed by atoms with E-state index in [9.17, 15) is 0 Å². The highest BCUT2D eigenvalue weighted by Crippen LogP contribution is 2.30. The van der Waals surface area contributed by atoms with Crippen LogP contribution in [0.25, 0.3) is 0 Å². The van der Waals surface area contributed by atoms with E-state index in [1.165, 1.54) is 5.56 Å². The molecule has 2 aliphatic heterocycles. The molecular weight excluding hydrogens is 302 g/mol. The molecule has 24 heavy (non-hydrogen) atoms. The number of rotatable bonds is 3. The first-order chi connectivity index (χ1) is 11.8. The maximum Gasteiger partial charge on any atom is 0.225 e. The van der Waals surface area contributed by atoms with Crippen molar-refractivity contribution in [3.05, 3.63) is 48.5 Å². The van der Waals surface area contributed by atoms with Crippen LogP contribution in [0.5, 0.6) is 0 Å². The summed E-state index contributed by atoms with van der Waals surface area (Å²) < 4.78 is 6.27. The van der Waals surface area contributed by atoms with E-state index in [4.69, 9.17) is 4.74 Å². The van der Waals surface area contributed by atoms with E-state index < -0.39 is 0 Å². The standard InChI is InChI=1S/C18H23N5O/c1-5-18(15-23(10-1)17-20-6-2-7-21-17)14-22(11-12-24-18)13-16-3-8-19-9-4-16/h2-4,6-9H,1,5,10-15H2. The summed E-state index contributed by atoms with van der Waals surface area (Å²) in [5, 5.41) is 0. The predicted octanol–water partition coefficient (Wildman–Crippen LogP) is 1.74. The number of hydrogen-bond donors (Lipinski definition) is 0. The third-order valence-electron chi connectivity index (χ3n) is 4.86. The highest BCUT2D eigenvalue weighted by atomic mass is 16.5. The van der Waals surface area contributed by atoms with Gasteiger partial charge < -0.3 is 9.64 Å². The van der Waals surface area contributed by atoms with Gasteiger partial charge in [0.1, 0.15) is 0 Å². The van der Waals surface area contributed by atoms with Gasteiger partial charge in [0, 0.05) is 51.0 Å². The van der Waals surface area contributed by atoms with Crippen LogP contribution in [0.1, 0.15) is 18.4 Å². The Bertz CT molecular complexity index is 649. The first-order valence-corrected chi connectivity index (χ1v) is 8.60. The largest absolute Gasteiger partial charge is 0.370 e. The normalized spacial score (nSPS) is 25.1. The molecule has 2 aromatic heterocycles. The van der Waals surface area contributed by atoms with Crippen LogP contribution in [0.15, 0.2) is 43.0 Å². The number of ether oxygens (including phenoxy) is 1. The summed E-state index contributed by atoms with van der Waals surface area (Å²) in [6.45, 7) is 5.54. The number of piperidine rings is 1. The van der Waals surface area contributed by atoms with Gasteiger partial charge in [-0.15, -0.1) is 0 Å². The first-order valence-electron chi connectivity index (χ1n) is 8.60. The van der Waals surface area contributed by atoms with Crippen LogP contribution in [-0.4, -0.2) is 58.2 Å². The number of anilines is 1. The van der Waals surface area contributed by atoms with E-state index >= 15 is 0 Å². The smallest absolute Gasteiger partial charge is 0.225 e. The number of nitrogens with zero attached hydrogens (tertiary/aromatic N) is 5. The molecule has 0 N–H and O–H groups in total. The van der Waals surface area contributed by atoms with Crippen molar-refractivity contribution in [2.75, 3.05) is 37.7 Å². The van der Waals surface area contributed by atoms with Crippen LogP contribution in [0.2, 0.25) is 0 Å². The van der Waals surface area contributed by atoms with Gasteiger partial charge in [0.2, 0.25) is 5.95 Å². The fourth-order valence-electron chi connectivity index (χ4n) is 3.77. The molecule has 4 heterocycles. The lowest BCUT2D eigenvalue weighted by Gasteiger charge is -2.48. The summed E-state index contributed by atoms with van der Waals surface area (Å²) in [7, 11) is 0. The minimum atomic E-state index is -0.108. The van der Waals surface area contributed by atoms with Crippen LogP contribution >= 0.6 is 0 Å².